The van der Waals surface area contributed by atoms with E-state index in [4.69, 9.17) is 0 Å². The lowest BCUT2D eigenvalue weighted by Gasteiger charge is -2.18. The SMILES string of the molecule is Fc1c(F)c(F)c([Si]c2c(F)c(F)c(-c3c(F)c(F)c(-c4c(F)c(F)c([Si]c5c(F)c(F)c(F)c(F)c5F)c(F)c4F)c(F)c3F)c(F)c2F)c(F)c1F. The molecule has 5 rings (SSSR count). The Kier molecular flexibility index (Phi) is 10.4. The van der Waals surface area contributed by atoms with Crippen LogP contribution in [-0.4, -0.2) is 19.0 Å². The summed E-state index contributed by atoms with van der Waals surface area (Å²) in [5.74, 6) is -64.3. The minimum Gasteiger partial charge on any atom is -0.204 e. The van der Waals surface area contributed by atoms with E-state index in [1.807, 2.05) is 0 Å². The van der Waals surface area contributed by atoms with E-state index in [0.717, 1.165) is 0 Å². The number of halogens is 22. The normalized spacial score (nSPS) is 11.7. The largest absolute Gasteiger partial charge is 0.204 e. The summed E-state index contributed by atoms with van der Waals surface area (Å²) < 4.78 is 318. The van der Waals surface area contributed by atoms with Crippen molar-refractivity contribution in [2.75, 3.05) is 0 Å². The van der Waals surface area contributed by atoms with Crippen molar-refractivity contribution in [3.8, 4) is 22.3 Å². The first-order valence-electron chi connectivity index (χ1n) is 13.2. The van der Waals surface area contributed by atoms with Gasteiger partial charge in [0.05, 0.1) is 22.3 Å². The lowest BCUT2D eigenvalue weighted by molar-refractivity contribution is 0.384. The van der Waals surface area contributed by atoms with Crippen LogP contribution in [0.3, 0.4) is 0 Å². The van der Waals surface area contributed by atoms with Crippen LogP contribution in [0, 0.1) is 128 Å². The van der Waals surface area contributed by atoms with Crippen molar-refractivity contribution in [1.29, 1.82) is 0 Å². The van der Waals surface area contributed by atoms with Crippen molar-refractivity contribution in [3.63, 3.8) is 0 Å². The zero-order valence-electron chi connectivity index (χ0n) is 24.3. The van der Waals surface area contributed by atoms with E-state index in [1.165, 1.54) is 0 Å². The summed E-state index contributed by atoms with van der Waals surface area (Å²) in [5, 5.41) is -8.59. The zero-order valence-corrected chi connectivity index (χ0v) is 26.3. The zero-order chi connectivity index (χ0) is 40.7. The highest BCUT2D eigenvalue weighted by atomic mass is 28.2. The van der Waals surface area contributed by atoms with E-state index in [2.05, 4.69) is 0 Å². The average molecular weight is 834 g/mol. The number of hydrogen-bond donors (Lipinski definition) is 0. The van der Waals surface area contributed by atoms with Gasteiger partial charge in [-0.05, 0) is 0 Å². The van der Waals surface area contributed by atoms with Gasteiger partial charge in [0.15, 0.2) is 116 Å². The smallest absolute Gasteiger partial charge is 0.200 e. The third kappa shape index (κ3) is 5.79. The van der Waals surface area contributed by atoms with Gasteiger partial charge in [0.1, 0.15) is 19.0 Å². The van der Waals surface area contributed by atoms with Crippen LogP contribution in [0.5, 0.6) is 0 Å². The summed E-state index contributed by atoms with van der Waals surface area (Å²) in [7, 11) is -5.11. The third-order valence-electron chi connectivity index (χ3n) is 7.21. The molecule has 0 saturated carbocycles. The van der Waals surface area contributed by atoms with Gasteiger partial charge in [-0.15, -0.1) is 0 Å². The summed E-state index contributed by atoms with van der Waals surface area (Å²) >= 11 is 0. The average Bonchev–Trinajstić information content (AvgIpc) is 3.14. The van der Waals surface area contributed by atoms with Crippen LogP contribution in [0.25, 0.3) is 22.3 Å². The Balaban J connectivity index is 1.70. The molecule has 282 valence electrons. The van der Waals surface area contributed by atoms with Crippen LogP contribution >= 0.6 is 0 Å². The van der Waals surface area contributed by atoms with Crippen molar-refractivity contribution < 1.29 is 96.6 Å². The molecular weight excluding hydrogens is 834 g/mol. The maximum absolute atomic E-state index is 15.2. The fourth-order valence-corrected chi connectivity index (χ4v) is 6.93. The Bertz CT molecular complexity index is 2160. The summed E-state index contributed by atoms with van der Waals surface area (Å²) in [6.45, 7) is 0. The fourth-order valence-electron chi connectivity index (χ4n) is 4.67. The van der Waals surface area contributed by atoms with Gasteiger partial charge in [-0.2, -0.15) is 0 Å². The van der Waals surface area contributed by atoms with Crippen molar-refractivity contribution in [2.24, 2.45) is 0 Å². The van der Waals surface area contributed by atoms with Gasteiger partial charge >= 0.3 is 0 Å². The molecule has 0 saturated heterocycles. The molecule has 4 radical (unpaired) electrons. The van der Waals surface area contributed by atoms with E-state index < -0.39 is 190 Å². The number of rotatable bonds is 6. The molecule has 0 atom stereocenters. The summed E-state index contributed by atoms with van der Waals surface area (Å²) in [6, 6.07) is 0. The van der Waals surface area contributed by atoms with Crippen molar-refractivity contribution in [2.45, 2.75) is 0 Å². The lowest BCUT2D eigenvalue weighted by atomic mass is 9.95. The first-order chi connectivity index (χ1) is 25.0. The molecule has 24 heteroatoms. The van der Waals surface area contributed by atoms with Crippen molar-refractivity contribution in [1.82, 2.24) is 0 Å². The second-order valence-corrected chi connectivity index (χ2v) is 12.7. The Morgan fingerprint density at radius 3 is 0.426 bits per heavy atom. The van der Waals surface area contributed by atoms with Gasteiger partial charge < -0.3 is 0 Å². The van der Waals surface area contributed by atoms with Crippen LogP contribution in [0.15, 0.2) is 0 Å². The van der Waals surface area contributed by atoms with Gasteiger partial charge in [0.25, 0.3) is 0 Å². The van der Waals surface area contributed by atoms with E-state index >= 15 is 35.1 Å². The summed E-state index contributed by atoms with van der Waals surface area (Å²) in [5.41, 5.74) is -11.1. The third-order valence-corrected chi connectivity index (χ3v) is 9.97. The topological polar surface area (TPSA) is 0 Å². The Morgan fingerprint density at radius 2 is 0.259 bits per heavy atom. The van der Waals surface area contributed by atoms with Crippen LogP contribution in [-0.2, 0) is 0 Å². The van der Waals surface area contributed by atoms with Gasteiger partial charge in [0.2, 0.25) is 11.6 Å². The predicted molar refractivity (Wildman–Crippen MR) is 139 cm³/mol. The molecule has 0 nitrogen and oxygen atoms in total. The molecule has 0 spiro atoms. The summed E-state index contributed by atoms with van der Waals surface area (Å²) in [6.07, 6.45) is 0. The molecule has 0 fully saturated rings. The van der Waals surface area contributed by atoms with E-state index in [1.54, 1.807) is 0 Å². The van der Waals surface area contributed by atoms with E-state index in [9.17, 15) is 61.5 Å². The minimum atomic E-state index is -3.23. The molecular formula is C30F22Si2. The second-order valence-electron chi connectivity index (χ2n) is 10.2. The highest BCUT2D eigenvalue weighted by Crippen LogP contribution is 2.41. The van der Waals surface area contributed by atoms with Gasteiger partial charge in [-0.25, -0.2) is 96.6 Å². The molecule has 0 aliphatic rings. The summed E-state index contributed by atoms with van der Waals surface area (Å²) in [4.78, 5) is 0. The maximum atomic E-state index is 15.2. The van der Waals surface area contributed by atoms with Crippen molar-refractivity contribution in [3.05, 3.63) is 128 Å². The molecule has 0 heterocycles. The Labute approximate surface area is 286 Å². The first kappa shape index (κ1) is 40.2. The van der Waals surface area contributed by atoms with Crippen LogP contribution in [0.1, 0.15) is 0 Å². The number of hydrogen-bond acceptors (Lipinski definition) is 0. The van der Waals surface area contributed by atoms with Crippen LogP contribution < -0.4 is 20.7 Å². The van der Waals surface area contributed by atoms with Gasteiger partial charge in [-0.3, -0.25) is 0 Å². The monoisotopic (exact) mass is 834 g/mol. The highest BCUT2D eigenvalue weighted by molar-refractivity contribution is 6.68. The van der Waals surface area contributed by atoms with Gasteiger partial charge in [0, 0.05) is 20.7 Å². The van der Waals surface area contributed by atoms with Crippen LogP contribution in [0.4, 0.5) is 96.6 Å². The van der Waals surface area contributed by atoms with Gasteiger partial charge in [-0.1, -0.05) is 0 Å². The molecule has 5 aromatic carbocycles. The lowest BCUT2D eigenvalue weighted by Crippen LogP contribution is -2.39. The standard InChI is InChI=1S/C30F22Si2/c31-5-1(3-9(35)19(45)27(20(46)10(3)36)53-29-23(49)15(41)13(39)16(42)24(29)50)6(32)8(34)2(7(5)33)4-11(37)21(47)28(22(48)12(4)38)54-30-25(51)17(43)14(40)18(44)26(30)52. The molecule has 0 aliphatic carbocycles. The maximum Gasteiger partial charge on any atom is 0.200 e. The molecule has 0 unspecified atom stereocenters. The Morgan fingerprint density at radius 1 is 0.148 bits per heavy atom. The Hall–Kier alpha value is -5.01. The van der Waals surface area contributed by atoms with Crippen molar-refractivity contribution >= 4 is 39.8 Å². The van der Waals surface area contributed by atoms with E-state index in [-0.39, 0.29) is 0 Å². The van der Waals surface area contributed by atoms with E-state index in [0.29, 0.717) is 0 Å². The quantitative estimate of drug-likeness (QED) is 0.0726. The molecule has 0 aromatic heterocycles. The number of benzene rings is 5. The minimum absolute atomic E-state index is 2.09. The van der Waals surface area contributed by atoms with Crippen LogP contribution in [0.2, 0.25) is 0 Å². The molecule has 5 aromatic rings. The molecule has 54 heavy (non-hydrogen) atoms. The molecule has 0 amide bonds. The molecule has 0 N–H and O–H groups in total. The highest BCUT2D eigenvalue weighted by Gasteiger charge is 2.39. The first-order valence-corrected chi connectivity index (χ1v) is 15.2. The fraction of sp³-hybridized carbons (Fsp3) is 0. The molecule has 0 bridgehead atoms. The molecule has 0 aliphatic heterocycles. The predicted octanol–water partition coefficient (Wildman–Crippen LogP) is 7.39. The second kappa shape index (κ2) is 14.0.